The monoisotopic (exact) mass is 426 g/mol. The quantitative estimate of drug-likeness (QED) is 0.558. The maximum atomic E-state index is 13.0. The van der Waals surface area contributed by atoms with E-state index in [4.69, 9.17) is 0 Å². The van der Waals surface area contributed by atoms with Gasteiger partial charge in [0, 0.05) is 24.5 Å². The highest BCUT2D eigenvalue weighted by Gasteiger charge is 2.24. The van der Waals surface area contributed by atoms with Crippen molar-refractivity contribution >= 4 is 27.7 Å². The predicted octanol–water partition coefficient (Wildman–Crippen LogP) is 4.53. The van der Waals surface area contributed by atoms with Crippen LogP contribution in [0.2, 0.25) is 0 Å². The molecule has 0 aliphatic carbocycles. The molecule has 158 valence electrons. The van der Waals surface area contributed by atoms with Crippen molar-refractivity contribution in [1.82, 2.24) is 9.62 Å². The Labute approximate surface area is 174 Å². The highest BCUT2D eigenvalue weighted by Crippen LogP contribution is 2.26. The number of benzene rings is 1. The van der Waals surface area contributed by atoms with Crippen molar-refractivity contribution in [3.05, 3.63) is 23.8 Å². The summed E-state index contributed by atoms with van der Waals surface area (Å²) in [5.41, 5.74) is 0.496. The van der Waals surface area contributed by atoms with E-state index in [9.17, 15) is 13.2 Å². The van der Waals surface area contributed by atoms with Crippen LogP contribution in [-0.2, 0) is 10.0 Å². The lowest BCUT2D eigenvalue weighted by Crippen LogP contribution is -2.36. The topological polar surface area (TPSA) is 66.5 Å². The highest BCUT2D eigenvalue weighted by molar-refractivity contribution is 7.98. The minimum Gasteiger partial charge on any atom is -0.339 e. The van der Waals surface area contributed by atoms with Gasteiger partial charge in [0.25, 0.3) is 5.91 Å². The first-order valence-electron chi connectivity index (χ1n) is 10.4. The zero-order valence-corrected chi connectivity index (χ0v) is 19.0. The van der Waals surface area contributed by atoms with E-state index < -0.39 is 10.0 Å². The van der Waals surface area contributed by atoms with Crippen LogP contribution in [0, 0.1) is 5.92 Å². The molecular formula is C21H34N2O3S2. The predicted molar refractivity (Wildman–Crippen MR) is 116 cm³/mol. The van der Waals surface area contributed by atoms with Gasteiger partial charge in [-0.1, -0.05) is 33.1 Å². The van der Waals surface area contributed by atoms with E-state index in [1.54, 1.807) is 18.2 Å². The summed E-state index contributed by atoms with van der Waals surface area (Å²) in [5.74, 6) is 0.283. The molecule has 0 saturated carbocycles. The van der Waals surface area contributed by atoms with Gasteiger partial charge >= 0.3 is 0 Å². The molecule has 0 aromatic heterocycles. The fraction of sp³-hybridized carbons (Fsp3) is 0.667. The largest absolute Gasteiger partial charge is 0.339 e. The molecule has 1 fully saturated rings. The third-order valence-electron chi connectivity index (χ3n) is 5.46. The summed E-state index contributed by atoms with van der Waals surface area (Å²) in [6, 6.07) is 4.91. The van der Waals surface area contributed by atoms with Crippen LogP contribution in [0.25, 0.3) is 0 Å². The number of nitrogens with zero attached hydrogens (tertiary/aromatic N) is 1. The Morgan fingerprint density at radius 2 is 1.93 bits per heavy atom. The first kappa shape index (κ1) is 23.2. The number of likely N-dealkylation sites (tertiary alicyclic amines) is 1. The molecule has 0 bridgehead atoms. The molecule has 1 heterocycles. The highest BCUT2D eigenvalue weighted by atomic mass is 32.2. The summed E-state index contributed by atoms with van der Waals surface area (Å²) in [6.07, 6.45) is 9.28. The molecule has 1 N–H and O–H groups in total. The molecule has 5 nitrogen and oxygen atoms in total. The lowest BCUT2D eigenvalue weighted by atomic mass is 10.00. The van der Waals surface area contributed by atoms with Crippen LogP contribution < -0.4 is 4.72 Å². The van der Waals surface area contributed by atoms with Crippen molar-refractivity contribution < 1.29 is 13.2 Å². The molecule has 1 aliphatic rings. The van der Waals surface area contributed by atoms with Crippen molar-refractivity contribution in [3.8, 4) is 0 Å². The Morgan fingerprint density at radius 3 is 2.54 bits per heavy atom. The molecule has 2 rings (SSSR count). The second-order valence-electron chi connectivity index (χ2n) is 7.48. The molecule has 0 spiro atoms. The molecule has 1 amide bonds. The molecule has 28 heavy (non-hydrogen) atoms. The minimum absolute atomic E-state index is 0.0597. The second kappa shape index (κ2) is 11.2. The van der Waals surface area contributed by atoms with Crippen LogP contribution in [0.1, 0.15) is 69.2 Å². The third-order valence-corrected chi connectivity index (χ3v) is 7.68. The summed E-state index contributed by atoms with van der Waals surface area (Å²) in [6.45, 7) is 6.18. The Balaban J connectivity index is 2.19. The molecular weight excluding hydrogens is 392 g/mol. The first-order chi connectivity index (χ1) is 13.4. The number of rotatable bonds is 10. The summed E-state index contributed by atoms with van der Waals surface area (Å²) < 4.78 is 28.4. The van der Waals surface area contributed by atoms with Gasteiger partial charge in [0.1, 0.15) is 0 Å². The van der Waals surface area contributed by atoms with Crippen LogP contribution in [-0.4, -0.2) is 45.1 Å². The van der Waals surface area contributed by atoms with E-state index in [-0.39, 0.29) is 10.8 Å². The summed E-state index contributed by atoms with van der Waals surface area (Å²) in [7, 11) is -3.63. The number of carbonyl (C=O) groups excluding carboxylic acids is 1. The van der Waals surface area contributed by atoms with Crippen molar-refractivity contribution in [2.24, 2.45) is 5.92 Å². The minimum atomic E-state index is -3.63. The van der Waals surface area contributed by atoms with Crippen molar-refractivity contribution in [2.45, 2.75) is 68.6 Å². The Bertz CT molecular complexity index is 744. The zero-order chi connectivity index (χ0) is 20.6. The SMILES string of the molecule is CCCC[C@@H](CC)CNS(=O)(=O)c1ccc(SC)c(C(=O)N2CCCCC2)c1. The normalized spacial score (nSPS) is 16.2. The number of piperidine rings is 1. The maximum Gasteiger partial charge on any atom is 0.255 e. The van der Waals surface area contributed by atoms with Crippen LogP contribution in [0.5, 0.6) is 0 Å². The van der Waals surface area contributed by atoms with Gasteiger partial charge in [-0.15, -0.1) is 11.8 Å². The number of thioether (sulfide) groups is 1. The fourth-order valence-corrected chi connectivity index (χ4v) is 5.26. The molecule has 7 heteroatoms. The summed E-state index contributed by atoms with van der Waals surface area (Å²) in [5, 5.41) is 0. The van der Waals surface area contributed by atoms with E-state index >= 15 is 0 Å². The van der Waals surface area contributed by atoms with Crippen LogP contribution >= 0.6 is 11.8 Å². The van der Waals surface area contributed by atoms with E-state index in [0.717, 1.165) is 62.9 Å². The smallest absolute Gasteiger partial charge is 0.255 e. The standard InChI is InChI=1S/C21H34N2O3S2/c1-4-6-10-17(5-2)16-22-28(25,26)18-11-12-20(27-3)19(15-18)21(24)23-13-8-7-9-14-23/h11-12,15,17,22H,4-10,13-14,16H2,1-3H3/t17-/m1/s1. The lowest BCUT2D eigenvalue weighted by molar-refractivity contribution is 0.0720. The van der Waals surface area contributed by atoms with Gasteiger partial charge in [-0.2, -0.15) is 0 Å². The number of unbranched alkanes of at least 4 members (excludes halogenated alkanes) is 1. The molecule has 0 unspecified atom stereocenters. The second-order valence-corrected chi connectivity index (χ2v) is 10.1. The summed E-state index contributed by atoms with van der Waals surface area (Å²) >= 11 is 1.48. The molecule has 1 aromatic carbocycles. The van der Waals surface area contributed by atoms with Gasteiger partial charge in [0.05, 0.1) is 10.5 Å². The molecule has 1 aromatic rings. The fourth-order valence-electron chi connectivity index (χ4n) is 3.54. The van der Waals surface area contributed by atoms with Gasteiger partial charge < -0.3 is 4.90 Å². The lowest BCUT2D eigenvalue weighted by Gasteiger charge is -2.27. The van der Waals surface area contributed by atoms with Gasteiger partial charge in [-0.3, -0.25) is 4.79 Å². The van der Waals surface area contributed by atoms with Gasteiger partial charge in [-0.05, 0) is 56.1 Å². The summed E-state index contributed by atoms with van der Waals surface area (Å²) in [4.78, 5) is 15.8. The van der Waals surface area contributed by atoms with E-state index in [1.807, 2.05) is 11.2 Å². The number of hydrogen-bond donors (Lipinski definition) is 1. The van der Waals surface area contributed by atoms with E-state index in [0.29, 0.717) is 18.0 Å². The van der Waals surface area contributed by atoms with Gasteiger partial charge in [0.15, 0.2) is 0 Å². The number of sulfonamides is 1. The first-order valence-corrected chi connectivity index (χ1v) is 13.1. The van der Waals surface area contributed by atoms with E-state index in [1.165, 1.54) is 11.8 Å². The van der Waals surface area contributed by atoms with Crippen LogP contribution in [0.4, 0.5) is 0 Å². The van der Waals surface area contributed by atoms with Crippen molar-refractivity contribution in [3.63, 3.8) is 0 Å². The zero-order valence-electron chi connectivity index (χ0n) is 17.4. The number of amides is 1. The average Bonchev–Trinajstić information content (AvgIpc) is 2.73. The van der Waals surface area contributed by atoms with Crippen LogP contribution in [0.3, 0.4) is 0 Å². The Hall–Kier alpha value is -1.05. The molecule has 1 saturated heterocycles. The number of nitrogens with one attached hydrogen (secondary N) is 1. The number of carbonyl (C=O) groups is 1. The Morgan fingerprint density at radius 1 is 1.21 bits per heavy atom. The Kier molecular flexibility index (Phi) is 9.31. The van der Waals surface area contributed by atoms with E-state index in [2.05, 4.69) is 18.6 Å². The average molecular weight is 427 g/mol. The van der Waals surface area contributed by atoms with Gasteiger partial charge in [-0.25, -0.2) is 13.1 Å². The van der Waals surface area contributed by atoms with Crippen molar-refractivity contribution in [1.29, 1.82) is 0 Å². The maximum absolute atomic E-state index is 13.0. The molecule has 0 radical (unpaired) electrons. The van der Waals surface area contributed by atoms with Gasteiger partial charge in [0.2, 0.25) is 10.0 Å². The van der Waals surface area contributed by atoms with Crippen LogP contribution in [0.15, 0.2) is 28.0 Å². The molecule has 1 aliphatic heterocycles. The number of hydrogen-bond acceptors (Lipinski definition) is 4. The third kappa shape index (κ3) is 6.22. The van der Waals surface area contributed by atoms with Crippen molar-refractivity contribution in [2.75, 3.05) is 25.9 Å². The molecule has 1 atom stereocenters.